The molecule has 0 aliphatic carbocycles. The molecular formula is C13H21ClF3N3O3S. The van der Waals surface area contributed by atoms with E-state index in [1.165, 1.54) is 0 Å². The molecule has 1 aromatic rings. The molecule has 1 aromatic heterocycles. The molecule has 1 heterocycles. The summed E-state index contributed by atoms with van der Waals surface area (Å²) in [5.41, 5.74) is 4.88. The first-order valence-electron chi connectivity index (χ1n) is 6.97. The third-order valence-electron chi connectivity index (χ3n) is 3.50. The van der Waals surface area contributed by atoms with Crippen LogP contribution in [-0.4, -0.2) is 38.3 Å². The van der Waals surface area contributed by atoms with Gasteiger partial charge in [-0.25, -0.2) is 18.1 Å². The Morgan fingerprint density at radius 3 is 2.21 bits per heavy atom. The van der Waals surface area contributed by atoms with Crippen LogP contribution in [0.1, 0.15) is 26.7 Å². The summed E-state index contributed by atoms with van der Waals surface area (Å²) in [5, 5.41) is 0. The molecule has 3 N–H and O–H groups in total. The molecule has 0 unspecified atom stereocenters. The summed E-state index contributed by atoms with van der Waals surface area (Å²) >= 11 is 0. The minimum atomic E-state index is -4.49. The Morgan fingerprint density at radius 2 is 1.83 bits per heavy atom. The number of ether oxygens (including phenoxy) is 1. The number of alkyl halides is 3. The van der Waals surface area contributed by atoms with Gasteiger partial charge < -0.3 is 10.5 Å². The highest BCUT2D eigenvalue weighted by molar-refractivity contribution is 7.89. The monoisotopic (exact) mass is 391 g/mol. The maximum Gasteiger partial charge on any atom is 0.422 e. The van der Waals surface area contributed by atoms with Gasteiger partial charge in [0, 0.05) is 18.2 Å². The van der Waals surface area contributed by atoms with Crippen LogP contribution in [0.3, 0.4) is 0 Å². The van der Waals surface area contributed by atoms with E-state index in [1.807, 2.05) is 13.8 Å². The maximum atomic E-state index is 12.3. The third kappa shape index (κ3) is 6.42. The van der Waals surface area contributed by atoms with Crippen LogP contribution in [0.25, 0.3) is 0 Å². The van der Waals surface area contributed by atoms with Crippen LogP contribution >= 0.6 is 12.4 Å². The summed E-state index contributed by atoms with van der Waals surface area (Å²) < 4.78 is 67.7. The molecule has 0 fully saturated rings. The highest BCUT2D eigenvalue weighted by Gasteiger charge is 2.31. The fourth-order valence-corrected chi connectivity index (χ4v) is 3.33. The molecule has 0 aliphatic rings. The second-order valence-corrected chi connectivity index (χ2v) is 6.72. The molecule has 0 amide bonds. The molecule has 1 rings (SSSR count). The molecular weight excluding hydrogens is 371 g/mol. The van der Waals surface area contributed by atoms with Gasteiger partial charge in [-0.2, -0.15) is 13.2 Å². The summed E-state index contributed by atoms with van der Waals surface area (Å²) in [5.74, 6) is -0.308. The molecule has 0 aromatic carbocycles. The molecule has 0 radical (unpaired) electrons. The van der Waals surface area contributed by atoms with Gasteiger partial charge in [-0.15, -0.1) is 12.4 Å². The quantitative estimate of drug-likeness (QED) is 0.708. The average molecular weight is 392 g/mol. The van der Waals surface area contributed by atoms with Gasteiger partial charge >= 0.3 is 6.18 Å². The lowest BCUT2D eigenvalue weighted by atomic mass is 9.95. The molecule has 6 nitrogen and oxygen atoms in total. The maximum absolute atomic E-state index is 12.3. The standard InChI is InChI=1S/C13H20F3N3O3S.ClH/c1-3-12(4-2,8-17)19-23(20,21)10-5-6-11(18-7-10)22-9-13(14,15)16;/h5-7,19H,3-4,8-9,17H2,1-2H3;1H. The van der Waals surface area contributed by atoms with Crippen molar-refractivity contribution in [3.05, 3.63) is 18.3 Å². The second kappa shape index (κ2) is 8.84. The van der Waals surface area contributed by atoms with Crippen LogP contribution in [0, 0.1) is 0 Å². The molecule has 11 heteroatoms. The first-order chi connectivity index (χ1) is 10.6. The van der Waals surface area contributed by atoms with E-state index in [4.69, 9.17) is 5.73 Å². The van der Waals surface area contributed by atoms with E-state index in [2.05, 4.69) is 14.4 Å². The fourth-order valence-electron chi connectivity index (χ4n) is 1.84. The van der Waals surface area contributed by atoms with Crippen molar-refractivity contribution in [2.45, 2.75) is 43.3 Å². The van der Waals surface area contributed by atoms with Crippen LogP contribution in [0.4, 0.5) is 13.2 Å². The topological polar surface area (TPSA) is 94.3 Å². The van der Waals surface area contributed by atoms with Crippen molar-refractivity contribution in [1.82, 2.24) is 9.71 Å². The summed E-state index contributed by atoms with van der Waals surface area (Å²) in [6, 6.07) is 2.20. The fraction of sp³-hybridized carbons (Fsp3) is 0.615. The van der Waals surface area contributed by atoms with Crippen LogP contribution in [0.15, 0.2) is 23.2 Å². The number of aromatic nitrogens is 1. The van der Waals surface area contributed by atoms with E-state index >= 15 is 0 Å². The van der Waals surface area contributed by atoms with Crippen molar-refractivity contribution in [3.8, 4) is 5.88 Å². The Balaban J connectivity index is 0.00000529. The van der Waals surface area contributed by atoms with Crippen molar-refractivity contribution >= 4 is 22.4 Å². The Labute approximate surface area is 145 Å². The van der Waals surface area contributed by atoms with Crippen LogP contribution in [0.2, 0.25) is 0 Å². The van der Waals surface area contributed by atoms with E-state index in [1.54, 1.807) is 0 Å². The van der Waals surface area contributed by atoms with Crippen molar-refractivity contribution in [2.24, 2.45) is 5.73 Å². The van der Waals surface area contributed by atoms with Crippen LogP contribution < -0.4 is 15.2 Å². The second-order valence-electron chi connectivity index (χ2n) is 5.03. The Bertz CT molecular complexity index is 597. The van der Waals surface area contributed by atoms with E-state index < -0.39 is 28.3 Å². The number of nitrogens with one attached hydrogen (secondary N) is 1. The average Bonchev–Trinajstić information content (AvgIpc) is 2.50. The zero-order valence-electron chi connectivity index (χ0n) is 13.3. The normalized spacial score (nSPS) is 12.6. The van der Waals surface area contributed by atoms with Gasteiger partial charge in [-0.1, -0.05) is 13.8 Å². The lowest BCUT2D eigenvalue weighted by Gasteiger charge is -2.30. The molecule has 0 saturated heterocycles. The number of rotatable bonds is 8. The van der Waals surface area contributed by atoms with Crippen molar-refractivity contribution in [3.63, 3.8) is 0 Å². The first kappa shape index (κ1) is 22.9. The number of hydrogen-bond donors (Lipinski definition) is 2. The predicted molar refractivity (Wildman–Crippen MR) is 85.7 cm³/mol. The van der Waals surface area contributed by atoms with E-state index in [0.717, 1.165) is 18.3 Å². The summed E-state index contributed by atoms with van der Waals surface area (Å²) in [6.45, 7) is 2.25. The predicted octanol–water partition coefficient (Wildman–Crippen LogP) is 2.24. The summed E-state index contributed by atoms with van der Waals surface area (Å²) in [4.78, 5) is 3.41. The number of nitrogens with two attached hydrogens (primary N) is 1. The largest absolute Gasteiger partial charge is 0.468 e. The minimum absolute atomic E-state index is 0. The van der Waals surface area contributed by atoms with E-state index in [9.17, 15) is 21.6 Å². The SMILES string of the molecule is CCC(CC)(CN)NS(=O)(=O)c1ccc(OCC(F)(F)F)nc1.Cl. The number of sulfonamides is 1. The van der Waals surface area contributed by atoms with E-state index in [0.29, 0.717) is 12.8 Å². The Morgan fingerprint density at radius 1 is 1.25 bits per heavy atom. The smallest absolute Gasteiger partial charge is 0.422 e. The molecule has 24 heavy (non-hydrogen) atoms. The molecule has 0 atom stereocenters. The highest BCUT2D eigenvalue weighted by atomic mass is 35.5. The first-order valence-corrected chi connectivity index (χ1v) is 8.45. The molecule has 0 saturated carbocycles. The van der Waals surface area contributed by atoms with Gasteiger partial charge in [-0.05, 0) is 18.9 Å². The third-order valence-corrected chi connectivity index (χ3v) is 5.06. The molecule has 0 bridgehead atoms. The molecule has 0 spiro atoms. The molecule has 140 valence electrons. The van der Waals surface area contributed by atoms with Gasteiger partial charge in [0.1, 0.15) is 4.90 Å². The summed E-state index contributed by atoms with van der Waals surface area (Å²) in [7, 11) is -3.88. The lowest BCUT2D eigenvalue weighted by Crippen LogP contribution is -2.52. The minimum Gasteiger partial charge on any atom is -0.468 e. The highest BCUT2D eigenvalue weighted by Crippen LogP contribution is 2.20. The van der Waals surface area contributed by atoms with Gasteiger partial charge in [-0.3, -0.25) is 0 Å². The van der Waals surface area contributed by atoms with Crippen LogP contribution in [0.5, 0.6) is 5.88 Å². The summed E-state index contributed by atoms with van der Waals surface area (Å²) in [6.07, 6.45) is -2.55. The van der Waals surface area contributed by atoms with Gasteiger partial charge in [0.15, 0.2) is 6.61 Å². The number of hydrogen-bond acceptors (Lipinski definition) is 5. The number of nitrogens with zero attached hydrogens (tertiary/aromatic N) is 1. The molecule has 0 aliphatic heterocycles. The number of halogens is 4. The zero-order valence-corrected chi connectivity index (χ0v) is 14.9. The van der Waals surface area contributed by atoms with Crippen molar-refractivity contribution in [1.29, 1.82) is 0 Å². The van der Waals surface area contributed by atoms with Gasteiger partial charge in [0.25, 0.3) is 0 Å². The lowest BCUT2D eigenvalue weighted by molar-refractivity contribution is -0.154. The van der Waals surface area contributed by atoms with Gasteiger partial charge in [0.05, 0.1) is 6.20 Å². The zero-order chi connectivity index (χ0) is 17.7. The Kier molecular flexibility index (Phi) is 8.43. The van der Waals surface area contributed by atoms with Crippen LogP contribution in [-0.2, 0) is 10.0 Å². The van der Waals surface area contributed by atoms with Crippen molar-refractivity contribution < 1.29 is 26.3 Å². The van der Waals surface area contributed by atoms with Gasteiger partial charge in [0.2, 0.25) is 15.9 Å². The number of pyridine rings is 1. The Hall–Kier alpha value is -1.10. The van der Waals surface area contributed by atoms with E-state index in [-0.39, 0.29) is 29.7 Å². The van der Waals surface area contributed by atoms with Crippen molar-refractivity contribution in [2.75, 3.05) is 13.2 Å².